The first kappa shape index (κ1) is 18.1. The van der Waals surface area contributed by atoms with Crippen LogP contribution in [0.4, 0.5) is 0 Å². The predicted octanol–water partition coefficient (Wildman–Crippen LogP) is 4.89. The summed E-state index contributed by atoms with van der Waals surface area (Å²) in [6.07, 6.45) is 2.22. The molecule has 4 rings (SSSR count). The second kappa shape index (κ2) is 7.37. The lowest BCUT2D eigenvalue weighted by Crippen LogP contribution is -2.25. The van der Waals surface area contributed by atoms with Crippen LogP contribution >= 0.6 is 23.2 Å². The Balaban J connectivity index is 1.76. The number of aromatic nitrogens is 2. The Bertz CT molecular complexity index is 1030. The molecule has 0 aliphatic carbocycles. The van der Waals surface area contributed by atoms with E-state index in [0.29, 0.717) is 36.1 Å². The highest BCUT2D eigenvalue weighted by atomic mass is 35.5. The van der Waals surface area contributed by atoms with Gasteiger partial charge in [0, 0.05) is 35.5 Å². The van der Waals surface area contributed by atoms with Crippen LogP contribution in [0.25, 0.3) is 11.0 Å². The van der Waals surface area contributed by atoms with Gasteiger partial charge in [0.1, 0.15) is 5.82 Å². The average Bonchev–Trinajstić information content (AvgIpc) is 3.19. The van der Waals surface area contributed by atoms with Crippen molar-refractivity contribution >= 4 is 40.1 Å². The zero-order chi connectivity index (χ0) is 19.0. The smallest absolute Gasteiger partial charge is 0.223 e. The molecule has 0 bridgehead atoms. The van der Waals surface area contributed by atoms with Gasteiger partial charge in [-0.15, -0.1) is 6.58 Å². The number of halogens is 2. The third-order valence-corrected chi connectivity index (χ3v) is 5.54. The molecular weight excluding hydrogens is 381 g/mol. The highest BCUT2D eigenvalue weighted by Crippen LogP contribution is 2.32. The Labute approximate surface area is 168 Å². The molecule has 1 fully saturated rings. The van der Waals surface area contributed by atoms with Gasteiger partial charge in [-0.05, 0) is 29.8 Å². The van der Waals surface area contributed by atoms with E-state index < -0.39 is 0 Å². The zero-order valence-corrected chi connectivity index (χ0v) is 16.2. The Hall–Kier alpha value is -2.30. The van der Waals surface area contributed by atoms with Crippen molar-refractivity contribution in [3.8, 4) is 0 Å². The van der Waals surface area contributed by atoms with Gasteiger partial charge in [0.15, 0.2) is 0 Å². The van der Waals surface area contributed by atoms with Crippen LogP contribution in [0, 0.1) is 0 Å². The van der Waals surface area contributed by atoms with Gasteiger partial charge in [0.05, 0.1) is 17.6 Å². The van der Waals surface area contributed by atoms with Gasteiger partial charge in [0.25, 0.3) is 0 Å². The number of likely N-dealkylation sites (tertiary alicyclic amines) is 1. The van der Waals surface area contributed by atoms with Crippen molar-refractivity contribution in [1.29, 1.82) is 0 Å². The lowest BCUT2D eigenvalue weighted by Gasteiger charge is -2.16. The Morgan fingerprint density at radius 1 is 1.22 bits per heavy atom. The van der Waals surface area contributed by atoms with Gasteiger partial charge in [-0.2, -0.15) is 0 Å². The Morgan fingerprint density at radius 3 is 2.81 bits per heavy atom. The van der Waals surface area contributed by atoms with Crippen molar-refractivity contribution in [2.45, 2.75) is 18.9 Å². The number of carbonyl (C=O) groups excluding carboxylic acids is 1. The number of hydrogen-bond acceptors (Lipinski definition) is 2. The van der Waals surface area contributed by atoms with Crippen molar-refractivity contribution in [2.24, 2.45) is 0 Å². The molecule has 1 saturated heterocycles. The molecule has 0 N–H and O–H groups in total. The number of fused-ring (bicyclic) bond motifs is 1. The summed E-state index contributed by atoms with van der Waals surface area (Å²) >= 11 is 12.4. The molecule has 1 atom stereocenters. The predicted molar refractivity (Wildman–Crippen MR) is 109 cm³/mol. The molecule has 0 spiro atoms. The monoisotopic (exact) mass is 399 g/mol. The van der Waals surface area contributed by atoms with E-state index in [2.05, 4.69) is 11.1 Å². The standard InChI is InChI=1S/C21H19Cl2N3O/c1-2-9-25-12-15(10-20(25)27)21-24-18-5-3-4-6-19(18)26(21)13-14-7-8-16(22)11-17(14)23/h2-8,11,15H,1,9-10,12-13H2. The molecule has 0 saturated carbocycles. The SMILES string of the molecule is C=CCN1CC(c2nc3ccccc3n2Cc2ccc(Cl)cc2Cl)CC1=O. The van der Waals surface area contributed by atoms with Gasteiger partial charge in [0.2, 0.25) is 5.91 Å². The Kier molecular flexibility index (Phi) is 4.94. The van der Waals surface area contributed by atoms with E-state index in [1.54, 1.807) is 12.1 Å². The molecule has 4 nitrogen and oxygen atoms in total. The van der Waals surface area contributed by atoms with Gasteiger partial charge in [-0.25, -0.2) is 4.98 Å². The molecule has 27 heavy (non-hydrogen) atoms. The van der Waals surface area contributed by atoms with Gasteiger partial charge in [-0.1, -0.05) is 47.5 Å². The minimum absolute atomic E-state index is 0.0518. The summed E-state index contributed by atoms with van der Waals surface area (Å²) in [5, 5.41) is 1.24. The molecule has 1 amide bonds. The van der Waals surface area contributed by atoms with Gasteiger partial charge in [-0.3, -0.25) is 4.79 Å². The van der Waals surface area contributed by atoms with Crippen molar-refractivity contribution in [3.63, 3.8) is 0 Å². The van der Waals surface area contributed by atoms with Crippen LogP contribution in [-0.2, 0) is 11.3 Å². The molecule has 0 radical (unpaired) electrons. The highest BCUT2D eigenvalue weighted by molar-refractivity contribution is 6.35. The van der Waals surface area contributed by atoms with Crippen LogP contribution in [0.2, 0.25) is 10.0 Å². The summed E-state index contributed by atoms with van der Waals surface area (Å²) < 4.78 is 2.17. The van der Waals surface area contributed by atoms with Crippen molar-refractivity contribution < 1.29 is 4.79 Å². The normalized spacial score (nSPS) is 17.0. The van der Waals surface area contributed by atoms with Crippen LogP contribution in [0.5, 0.6) is 0 Å². The molecular formula is C21H19Cl2N3O. The summed E-state index contributed by atoms with van der Waals surface area (Å²) in [5.41, 5.74) is 2.93. The first-order chi connectivity index (χ1) is 13.1. The molecule has 138 valence electrons. The van der Waals surface area contributed by atoms with E-state index in [4.69, 9.17) is 28.2 Å². The summed E-state index contributed by atoms with van der Waals surface area (Å²) in [4.78, 5) is 19.0. The fourth-order valence-electron chi connectivity index (χ4n) is 3.67. The first-order valence-electron chi connectivity index (χ1n) is 8.84. The maximum Gasteiger partial charge on any atom is 0.223 e. The summed E-state index contributed by atoms with van der Waals surface area (Å²) in [6, 6.07) is 13.5. The van der Waals surface area contributed by atoms with Crippen LogP contribution in [0.1, 0.15) is 23.7 Å². The lowest BCUT2D eigenvalue weighted by atomic mass is 10.1. The number of rotatable bonds is 5. The molecule has 1 aliphatic heterocycles. The molecule has 1 aromatic heterocycles. The van der Waals surface area contributed by atoms with E-state index in [-0.39, 0.29) is 11.8 Å². The number of amides is 1. The molecule has 2 heterocycles. The van der Waals surface area contributed by atoms with Crippen LogP contribution < -0.4 is 0 Å². The molecule has 1 aliphatic rings. The summed E-state index contributed by atoms with van der Waals surface area (Å²) in [6.45, 7) is 5.55. The molecule has 3 aromatic rings. The Morgan fingerprint density at radius 2 is 2.04 bits per heavy atom. The summed E-state index contributed by atoms with van der Waals surface area (Å²) in [7, 11) is 0. The van der Waals surface area contributed by atoms with E-state index in [9.17, 15) is 4.79 Å². The lowest BCUT2D eigenvalue weighted by molar-refractivity contribution is -0.127. The largest absolute Gasteiger partial charge is 0.338 e. The van der Waals surface area contributed by atoms with Gasteiger partial charge < -0.3 is 9.47 Å². The quantitative estimate of drug-likeness (QED) is 0.572. The number of nitrogens with zero attached hydrogens (tertiary/aromatic N) is 3. The maximum atomic E-state index is 12.3. The van der Waals surface area contributed by atoms with E-state index >= 15 is 0 Å². The fourth-order valence-corrected chi connectivity index (χ4v) is 4.14. The van der Waals surface area contributed by atoms with Crippen LogP contribution in [-0.4, -0.2) is 33.4 Å². The molecule has 1 unspecified atom stereocenters. The average molecular weight is 400 g/mol. The van der Waals surface area contributed by atoms with E-state index in [1.807, 2.05) is 41.3 Å². The third kappa shape index (κ3) is 3.47. The van der Waals surface area contributed by atoms with E-state index in [1.165, 1.54) is 0 Å². The fraction of sp³-hybridized carbons (Fsp3) is 0.238. The number of hydrogen-bond donors (Lipinski definition) is 0. The first-order valence-corrected chi connectivity index (χ1v) is 9.60. The number of para-hydroxylation sites is 2. The molecule has 6 heteroatoms. The molecule has 2 aromatic carbocycles. The second-order valence-electron chi connectivity index (χ2n) is 6.77. The van der Waals surface area contributed by atoms with Crippen molar-refractivity contribution in [1.82, 2.24) is 14.5 Å². The van der Waals surface area contributed by atoms with Crippen LogP contribution in [0.15, 0.2) is 55.1 Å². The van der Waals surface area contributed by atoms with Crippen molar-refractivity contribution in [3.05, 3.63) is 76.6 Å². The number of carbonyl (C=O) groups is 1. The number of benzene rings is 2. The minimum Gasteiger partial charge on any atom is -0.338 e. The summed E-state index contributed by atoms with van der Waals surface area (Å²) in [5.74, 6) is 1.11. The highest BCUT2D eigenvalue weighted by Gasteiger charge is 2.33. The zero-order valence-electron chi connectivity index (χ0n) is 14.7. The van der Waals surface area contributed by atoms with Crippen molar-refractivity contribution in [2.75, 3.05) is 13.1 Å². The maximum absolute atomic E-state index is 12.3. The van der Waals surface area contributed by atoms with Crippen LogP contribution in [0.3, 0.4) is 0 Å². The number of imidazole rings is 1. The third-order valence-electron chi connectivity index (χ3n) is 4.96. The topological polar surface area (TPSA) is 38.1 Å². The minimum atomic E-state index is 0.0518. The second-order valence-corrected chi connectivity index (χ2v) is 7.61. The van der Waals surface area contributed by atoms with E-state index in [0.717, 1.165) is 22.4 Å². The van der Waals surface area contributed by atoms with Gasteiger partial charge >= 0.3 is 0 Å².